The van der Waals surface area contributed by atoms with Crippen LogP contribution < -0.4 is 0 Å². The normalized spacial score (nSPS) is 17.9. The Morgan fingerprint density at radius 1 is 1.50 bits per heavy atom. The number of halogens is 2. The van der Waals surface area contributed by atoms with E-state index in [1.807, 2.05) is 12.1 Å². The third kappa shape index (κ3) is 1.52. The van der Waals surface area contributed by atoms with Gasteiger partial charge >= 0.3 is 5.97 Å². The summed E-state index contributed by atoms with van der Waals surface area (Å²) in [4.78, 5) is 11.1. The highest BCUT2D eigenvalue weighted by atomic mass is 127. The average molecular weight is 323 g/mol. The van der Waals surface area contributed by atoms with Gasteiger partial charge in [0.2, 0.25) is 0 Å². The lowest BCUT2D eigenvalue weighted by Gasteiger charge is -2.11. The molecule has 1 N–H and O–H groups in total. The molecule has 1 saturated carbocycles. The van der Waals surface area contributed by atoms with Gasteiger partial charge in [-0.1, -0.05) is 17.7 Å². The van der Waals surface area contributed by atoms with Crippen LogP contribution >= 0.6 is 34.2 Å². The second-order valence-corrected chi connectivity index (χ2v) is 5.16. The fraction of sp³-hybridized carbons (Fsp3) is 0.300. The third-order valence-corrected chi connectivity index (χ3v) is 3.59. The molecule has 1 aliphatic carbocycles. The highest BCUT2D eigenvalue weighted by Crippen LogP contribution is 2.50. The molecular formula is C10H8ClIO2. The summed E-state index contributed by atoms with van der Waals surface area (Å²) in [5.41, 5.74) is 0.0635. The number of carboxylic acid groups (broad SMARTS) is 1. The van der Waals surface area contributed by atoms with Crippen molar-refractivity contribution in [3.63, 3.8) is 0 Å². The van der Waals surface area contributed by atoms with E-state index in [-0.39, 0.29) is 0 Å². The van der Waals surface area contributed by atoms with Crippen LogP contribution in [-0.2, 0) is 10.2 Å². The van der Waals surface area contributed by atoms with Gasteiger partial charge in [-0.2, -0.15) is 0 Å². The second kappa shape index (κ2) is 3.38. The Labute approximate surface area is 100 Å². The predicted octanol–water partition coefficient (Wildman–Crippen LogP) is 3.06. The second-order valence-electron chi connectivity index (χ2n) is 3.51. The average Bonchev–Trinajstić information content (AvgIpc) is 2.84. The quantitative estimate of drug-likeness (QED) is 0.850. The molecule has 0 unspecified atom stereocenters. The summed E-state index contributed by atoms with van der Waals surface area (Å²) >= 11 is 8.19. The Balaban J connectivity index is 2.47. The molecule has 2 nitrogen and oxygen atoms in total. The first-order valence-corrected chi connectivity index (χ1v) is 5.71. The fourth-order valence-electron chi connectivity index (χ4n) is 1.60. The van der Waals surface area contributed by atoms with Gasteiger partial charge in [-0.05, 0) is 53.1 Å². The lowest BCUT2D eigenvalue weighted by molar-refractivity contribution is -0.140. The third-order valence-electron chi connectivity index (χ3n) is 2.61. The highest BCUT2D eigenvalue weighted by Gasteiger charge is 2.52. The van der Waals surface area contributed by atoms with Crippen LogP contribution in [0, 0.1) is 3.57 Å². The Hall–Kier alpha value is -0.290. The molecule has 2 rings (SSSR count). The van der Waals surface area contributed by atoms with E-state index < -0.39 is 11.4 Å². The summed E-state index contributed by atoms with van der Waals surface area (Å²) in [6, 6.07) is 5.52. The van der Waals surface area contributed by atoms with Crippen LogP contribution in [0.1, 0.15) is 18.4 Å². The van der Waals surface area contributed by atoms with Crippen molar-refractivity contribution >= 4 is 40.2 Å². The number of rotatable bonds is 2. The zero-order valence-corrected chi connectivity index (χ0v) is 10.2. The Bertz CT molecular complexity index is 399. The predicted molar refractivity (Wildman–Crippen MR) is 62.7 cm³/mol. The minimum atomic E-state index is -0.763. The summed E-state index contributed by atoms with van der Waals surface area (Å²) in [6.07, 6.45) is 1.39. The van der Waals surface area contributed by atoms with Gasteiger partial charge in [0.15, 0.2) is 0 Å². The van der Waals surface area contributed by atoms with Crippen molar-refractivity contribution in [1.29, 1.82) is 0 Å². The minimum Gasteiger partial charge on any atom is -0.481 e. The van der Waals surface area contributed by atoms with Gasteiger partial charge in [-0.25, -0.2) is 0 Å². The first-order chi connectivity index (χ1) is 6.56. The molecule has 0 radical (unpaired) electrons. The van der Waals surface area contributed by atoms with Crippen LogP contribution in [0.5, 0.6) is 0 Å². The topological polar surface area (TPSA) is 37.3 Å². The summed E-state index contributed by atoms with van der Waals surface area (Å²) in [5.74, 6) is -0.763. The van der Waals surface area contributed by atoms with E-state index in [4.69, 9.17) is 16.7 Å². The van der Waals surface area contributed by atoms with E-state index in [0.717, 1.165) is 9.13 Å². The molecule has 0 spiro atoms. The van der Waals surface area contributed by atoms with Gasteiger partial charge in [0.25, 0.3) is 0 Å². The Morgan fingerprint density at radius 2 is 2.14 bits per heavy atom. The standard InChI is InChI=1S/C10H8ClIO2/c11-8-5-6(12)1-2-7(8)10(3-4-10)9(13)14/h1-2,5H,3-4H2,(H,13,14). The number of hydrogen-bond acceptors (Lipinski definition) is 1. The van der Waals surface area contributed by atoms with Crippen molar-refractivity contribution in [2.45, 2.75) is 18.3 Å². The van der Waals surface area contributed by atoms with Crippen LogP contribution in [0.2, 0.25) is 5.02 Å². The van der Waals surface area contributed by atoms with Crippen molar-refractivity contribution in [3.8, 4) is 0 Å². The number of carboxylic acids is 1. The van der Waals surface area contributed by atoms with Gasteiger partial charge in [0.05, 0.1) is 5.41 Å². The molecule has 0 aliphatic heterocycles. The van der Waals surface area contributed by atoms with Gasteiger partial charge in [-0.3, -0.25) is 4.79 Å². The van der Waals surface area contributed by atoms with Gasteiger partial charge < -0.3 is 5.11 Å². The van der Waals surface area contributed by atoms with Crippen LogP contribution in [0.15, 0.2) is 18.2 Å². The maximum absolute atomic E-state index is 11.1. The molecule has 0 heterocycles. The maximum Gasteiger partial charge on any atom is 0.314 e. The van der Waals surface area contributed by atoms with Gasteiger partial charge in [0, 0.05) is 8.59 Å². The Morgan fingerprint density at radius 3 is 2.57 bits per heavy atom. The first-order valence-electron chi connectivity index (χ1n) is 4.25. The molecule has 0 aromatic heterocycles. The van der Waals surface area contributed by atoms with E-state index >= 15 is 0 Å². The number of carbonyl (C=O) groups is 1. The molecule has 0 amide bonds. The smallest absolute Gasteiger partial charge is 0.314 e. The number of aliphatic carboxylic acids is 1. The lowest BCUT2D eigenvalue weighted by Crippen LogP contribution is -2.19. The van der Waals surface area contributed by atoms with Crippen molar-refractivity contribution < 1.29 is 9.90 Å². The van der Waals surface area contributed by atoms with Crippen LogP contribution in [0.4, 0.5) is 0 Å². The van der Waals surface area contributed by atoms with Crippen molar-refractivity contribution in [2.75, 3.05) is 0 Å². The molecule has 14 heavy (non-hydrogen) atoms. The fourth-order valence-corrected chi connectivity index (χ4v) is 2.64. The lowest BCUT2D eigenvalue weighted by atomic mass is 9.96. The highest BCUT2D eigenvalue weighted by molar-refractivity contribution is 14.1. The van der Waals surface area contributed by atoms with Crippen LogP contribution in [0.3, 0.4) is 0 Å². The van der Waals surface area contributed by atoms with Gasteiger partial charge in [-0.15, -0.1) is 0 Å². The molecule has 0 bridgehead atoms. The van der Waals surface area contributed by atoms with Crippen LogP contribution in [-0.4, -0.2) is 11.1 Å². The molecule has 1 fully saturated rings. The maximum atomic E-state index is 11.1. The molecule has 1 aliphatic rings. The summed E-state index contributed by atoms with van der Waals surface area (Å²) in [6.45, 7) is 0. The van der Waals surface area contributed by atoms with E-state index in [1.165, 1.54) is 0 Å². The molecule has 1 aromatic rings. The molecule has 4 heteroatoms. The van der Waals surface area contributed by atoms with E-state index in [9.17, 15) is 4.79 Å². The van der Waals surface area contributed by atoms with E-state index in [0.29, 0.717) is 17.9 Å². The number of benzene rings is 1. The van der Waals surface area contributed by atoms with E-state index in [2.05, 4.69) is 22.6 Å². The molecular weight excluding hydrogens is 314 g/mol. The zero-order valence-electron chi connectivity index (χ0n) is 7.26. The van der Waals surface area contributed by atoms with Crippen molar-refractivity contribution in [2.24, 2.45) is 0 Å². The van der Waals surface area contributed by atoms with Gasteiger partial charge in [0.1, 0.15) is 0 Å². The minimum absolute atomic E-state index is 0.566. The SMILES string of the molecule is O=C(O)C1(c2ccc(I)cc2Cl)CC1. The first kappa shape index (κ1) is 10.2. The van der Waals surface area contributed by atoms with Crippen molar-refractivity contribution in [1.82, 2.24) is 0 Å². The summed E-state index contributed by atoms with van der Waals surface area (Å²) in [5, 5.41) is 9.66. The molecule has 74 valence electrons. The van der Waals surface area contributed by atoms with Crippen LogP contribution in [0.25, 0.3) is 0 Å². The molecule has 1 aromatic carbocycles. The summed E-state index contributed by atoms with van der Waals surface area (Å²) in [7, 11) is 0. The Kier molecular flexibility index (Phi) is 2.47. The van der Waals surface area contributed by atoms with E-state index in [1.54, 1.807) is 6.07 Å². The molecule has 0 atom stereocenters. The monoisotopic (exact) mass is 322 g/mol. The largest absolute Gasteiger partial charge is 0.481 e. The van der Waals surface area contributed by atoms with Crippen molar-refractivity contribution in [3.05, 3.63) is 32.4 Å². The number of hydrogen-bond donors (Lipinski definition) is 1. The molecule has 0 saturated heterocycles. The summed E-state index contributed by atoms with van der Waals surface area (Å²) < 4.78 is 1.03. The zero-order chi connectivity index (χ0) is 10.3.